The van der Waals surface area contributed by atoms with E-state index < -0.39 is 40.2 Å². The fraction of sp³-hybridized carbons (Fsp3) is 0.462. The van der Waals surface area contributed by atoms with Gasteiger partial charge in [-0.25, -0.2) is 17.2 Å². The molecule has 0 aliphatic heterocycles. The van der Waals surface area contributed by atoms with Crippen molar-refractivity contribution in [1.29, 1.82) is 0 Å². The number of hydrogen-bond acceptors (Lipinski definition) is 4. The van der Waals surface area contributed by atoms with Crippen LogP contribution in [0.2, 0.25) is 0 Å². The molecule has 0 unspecified atom stereocenters. The third kappa shape index (κ3) is 7.25. The Morgan fingerprint density at radius 3 is 2.25 bits per heavy atom. The Morgan fingerprint density at radius 1 is 1.03 bits per heavy atom. The van der Waals surface area contributed by atoms with Crippen LogP contribution in [-0.4, -0.2) is 50.0 Å². The molecule has 0 aromatic heterocycles. The van der Waals surface area contributed by atoms with Crippen LogP contribution >= 0.6 is 0 Å². The summed E-state index contributed by atoms with van der Waals surface area (Å²) in [6.07, 6.45) is 6.06. The largest absolute Gasteiger partial charge is 0.352 e. The SMILES string of the molecule is CC[C@H](C(=O)NC1CCCCC1)N(Cc1ccc(F)cc1)C(=O)CN(c1ccccc1F)S(C)(=O)=O. The molecule has 0 heterocycles. The summed E-state index contributed by atoms with van der Waals surface area (Å²) in [4.78, 5) is 28.2. The van der Waals surface area contributed by atoms with Crippen LogP contribution in [0.4, 0.5) is 14.5 Å². The van der Waals surface area contributed by atoms with Gasteiger partial charge < -0.3 is 10.2 Å². The zero-order valence-electron chi connectivity index (χ0n) is 20.6. The van der Waals surface area contributed by atoms with Crippen LogP contribution < -0.4 is 9.62 Å². The Hall–Kier alpha value is -3.01. The maximum atomic E-state index is 14.5. The number of rotatable bonds is 10. The minimum atomic E-state index is -4.03. The van der Waals surface area contributed by atoms with E-state index in [-0.39, 0.29) is 30.6 Å². The molecule has 1 saturated carbocycles. The molecule has 3 rings (SSSR count). The van der Waals surface area contributed by atoms with E-state index in [0.29, 0.717) is 9.87 Å². The van der Waals surface area contributed by atoms with Gasteiger partial charge in [0.2, 0.25) is 21.8 Å². The van der Waals surface area contributed by atoms with Gasteiger partial charge in [0.1, 0.15) is 24.2 Å². The second kappa shape index (κ2) is 12.3. The molecular weight excluding hydrogens is 488 g/mol. The number of halogens is 2. The van der Waals surface area contributed by atoms with Crippen molar-refractivity contribution in [2.75, 3.05) is 17.1 Å². The zero-order valence-corrected chi connectivity index (χ0v) is 21.4. The molecule has 1 aliphatic rings. The number of benzene rings is 2. The normalized spacial score (nSPS) is 15.2. The fourth-order valence-corrected chi connectivity index (χ4v) is 5.35. The molecule has 36 heavy (non-hydrogen) atoms. The van der Waals surface area contributed by atoms with Gasteiger partial charge in [0.15, 0.2) is 0 Å². The maximum absolute atomic E-state index is 14.5. The van der Waals surface area contributed by atoms with Crippen LogP contribution in [0.3, 0.4) is 0 Å². The summed E-state index contributed by atoms with van der Waals surface area (Å²) in [6.45, 7) is 1.04. The number of nitrogens with one attached hydrogen (secondary N) is 1. The summed E-state index contributed by atoms with van der Waals surface area (Å²) in [6, 6.07) is 9.95. The average molecular weight is 522 g/mol. The van der Waals surface area contributed by atoms with Crippen molar-refractivity contribution in [2.24, 2.45) is 0 Å². The average Bonchev–Trinajstić information content (AvgIpc) is 2.84. The summed E-state index contributed by atoms with van der Waals surface area (Å²) in [7, 11) is -4.03. The number of carbonyl (C=O) groups excluding carboxylic acids is 2. The smallest absolute Gasteiger partial charge is 0.244 e. The van der Waals surface area contributed by atoms with E-state index in [2.05, 4.69) is 5.32 Å². The lowest BCUT2D eigenvalue weighted by molar-refractivity contribution is -0.140. The maximum Gasteiger partial charge on any atom is 0.244 e. The lowest BCUT2D eigenvalue weighted by Crippen LogP contribution is -2.54. The van der Waals surface area contributed by atoms with Crippen LogP contribution in [-0.2, 0) is 26.2 Å². The van der Waals surface area contributed by atoms with Crippen LogP contribution in [0, 0.1) is 11.6 Å². The summed E-state index contributed by atoms with van der Waals surface area (Å²) in [5, 5.41) is 3.04. The molecule has 1 fully saturated rings. The Kier molecular flexibility index (Phi) is 9.42. The third-order valence-electron chi connectivity index (χ3n) is 6.40. The minimum absolute atomic E-state index is 0.0222. The number of hydrogen-bond donors (Lipinski definition) is 1. The van der Waals surface area contributed by atoms with Crippen molar-refractivity contribution in [3.8, 4) is 0 Å². The molecule has 2 aromatic carbocycles. The van der Waals surface area contributed by atoms with Gasteiger partial charge in [-0.05, 0) is 49.1 Å². The summed E-state index contributed by atoms with van der Waals surface area (Å²) in [5.41, 5.74) is 0.320. The second-order valence-corrected chi connectivity index (χ2v) is 11.0. The van der Waals surface area contributed by atoms with E-state index in [1.807, 2.05) is 0 Å². The second-order valence-electron chi connectivity index (χ2n) is 9.14. The molecule has 1 atom stereocenters. The van der Waals surface area contributed by atoms with Gasteiger partial charge in [-0.3, -0.25) is 13.9 Å². The molecule has 0 saturated heterocycles. The molecule has 1 N–H and O–H groups in total. The fourth-order valence-electron chi connectivity index (χ4n) is 4.50. The number of amides is 2. The third-order valence-corrected chi connectivity index (χ3v) is 7.53. The van der Waals surface area contributed by atoms with Gasteiger partial charge in [0, 0.05) is 12.6 Å². The molecule has 10 heteroatoms. The first kappa shape index (κ1) is 27.6. The summed E-state index contributed by atoms with van der Waals surface area (Å²) < 4.78 is 53.7. The Morgan fingerprint density at radius 2 is 1.67 bits per heavy atom. The number of anilines is 1. The van der Waals surface area contributed by atoms with Gasteiger partial charge in [0.05, 0.1) is 11.9 Å². The first-order valence-corrected chi connectivity index (χ1v) is 14.0. The van der Waals surface area contributed by atoms with Crippen LogP contribution in [0.25, 0.3) is 0 Å². The summed E-state index contributed by atoms with van der Waals surface area (Å²) >= 11 is 0. The Balaban J connectivity index is 1.91. The molecule has 0 spiro atoms. The topological polar surface area (TPSA) is 86.8 Å². The van der Waals surface area contributed by atoms with E-state index in [1.165, 1.54) is 47.4 Å². The highest BCUT2D eigenvalue weighted by atomic mass is 32.2. The van der Waals surface area contributed by atoms with Crippen molar-refractivity contribution < 1.29 is 26.8 Å². The Bertz CT molecular complexity index is 1150. The number of sulfonamides is 1. The van der Waals surface area contributed by atoms with E-state index in [1.54, 1.807) is 6.92 Å². The van der Waals surface area contributed by atoms with E-state index in [9.17, 15) is 26.8 Å². The monoisotopic (exact) mass is 521 g/mol. The highest BCUT2D eigenvalue weighted by Crippen LogP contribution is 2.23. The molecule has 0 radical (unpaired) electrons. The lowest BCUT2D eigenvalue weighted by atomic mass is 9.95. The minimum Gasteiger partial charge on any atom is -0.352 e. The van der Waals surface area contributed by atoms with Crippen LogP contribution in [0.5, 0.6) is 0 Å². The number of carbonyl (C=O) groups is 2. The number of nitrogens with zero attached hydrogens (tertiary/aromatic N) is 2. The zero-order chi connectivity index (χ0) is 26.3. The van der Waals surface area contributed by atoms with Crippen LogP contribution in [0.1, 0.15) is 51.0 Å². The Labute approximate surface area is 211 Å². The molecule has 1 aliphatic carbocycles. The molecule has 2 amide bonds. The highest BCUT2D eigenvalue weighted by molar-refractivity contribution is 7.92. The van der Waals surface area contributed by atoms with Crippen molar-refractivity contribution >= 4 is 27.5 Å². The van der Waals surface area contributed by atoms with Gasteiger partial charge in [0.25, 0.3) is 0 Å². The summed E-state index contributed by atoms with van der Waals surface area (Å²) in [5.74, 6) is -2.22. The van der Waals surface area contributed by atoms with E-state index in [4.69, 9.17) is 0 Å². The standard InChI is InChI=1S/C26H33F2N3O4S/c1-3-23(26(33)29-21-9-5-4-6-10-21)30(17-19-13-15-20(27)16-14-19)25(32)18-31(36(2,34)35)24-12-8-7-11-22(24)28/h7-8,11-16,21,23H,3-6,9-10,17-18H2,1-2H3,(H,29,33)/t23-/m1/s1. The van der Waals surface area contributed by atoms with Gasteiger partial charge in [-0.2, -0.15) is 0 Å². The first-order chi connectivity index (χ1) is 17.1. The van der Waals surface area contributed by atoms with E-state index in [0.717, 1.165) is 44.4 Å². The predicted octanol–water partition coefficient (Wildman–Crippen LogP) is 3.99. The lowest BCUT2D eigenvalue weighted by Gasteiger charge is -2.34. The quantitative estimate of drug-likeness (QED) is 0.512. The molecule has 0 bridgehead atoms. The van der Waals surface area contributed by atoms with Crippen molar-refractivity contribution in [2.45, 2.75) is 64.1 Å². The van der Waals surface area contributed by atoms with Crippen molar-refractivity contribution in [3.63, 3.8) is 0 Å². The van der Waals surface area contributed by atoms with Gasteiger partial charge in [-0.1, -0.05) is 50.5 Å². The van der Waals surface area contributed by atoms with Crippen LogP contribution in [0.15, 0.2) is 48.5 Å². The molecular formula is C26H33F2N3O4S. The number of para-hydroxylation sites is 1. The molecule has 7 nitrogen and oxygen atoms in total. The van der Waals surface area contributed by atoms with Crippen molar-refractivity contribution in [1.82, 2.24) is 10.2 Å². The highest BCUT2D eigenvalue weighted by Gasteiger charge is 2.33. The van der Waals surface area contributed by atoms with Crippen molar-refractivity contribution in [3.05, 3.63) is 65.7 Å². The van der Waals surface area contributed by atoms with Gasteiger partial charge >= 0.3 is 0 Å². The molecule has 196 valence electrons. The first-order valence-electron chi connectivity index (χ1n) is 12.2. The predicted molar refractivity (Wildman–Crippen MR) is 135 cm³/mol. The molecule has 2 aromatic rings. The van der Waals surface area contributed by atoms with E-state index >= 15 is 0 Å². The van der Waals surface area contributed by atoms with Gasteiger partial charge in [-0.15, -0.1) is 0 Å².